The van der Waals surface area contributed by atoms with Crippen molar-refractivity contribution in [2.75, 3.05) is 0 Å². The fraction of sp³-hybridized carbons (Fsp3) is 0.0476. The molecule has 4 heteroatoms. The molecule has 3 aromatic carbocycles. The molecular formula is C21H18N2O2. The predicted octanol–water partition coefficient (Wildman–Crippen LogP) is 4.07. The fourth-order valence-electron chi connectivity index (χ4n) is 2.35. The van der Waals surface area contributed by atoms with Gasteiger partial charge in [-0.25, -0.2) is 0 Å². The van der Waals surface area contributed by atoms with E-state index in [1.54, 1.807) is 42.6 Å². The lowest BCUT2D eigenvalue weighted by Crippen LogP contribution is -2.22. The molecule has 0 atom stereocenters. The van der Waals surface area contributed by atoms with E-state index in [2.05, 4.69) is 10.3 Å². The van der Waals surface area contributed by atoms with Crippen LogP contribution in [0.4, 0.5) is 5.69 Å². The van der Waals surface area contributed by atoms with Gasteiger partial charge in [0.1, 0.15) is 5.75 Å². The Labute approximate surface area is 146 Å². The first-order valence-electron chi connectivity index (χ1n) is 7.96. The van der Waals surface area contributed by atoms with Crippen LogP contribution in [0.25, 0.3) is 0 Å². The molecule has 3 rings (SSSR count). The second kappa shape index (κ2) is 7.93. The lowest BCUT2D eigenvalue weighted by Gasteiger charge is -2.06. The number of para-hydroxylation sites is 1. The van der Waals surface area contributed by atoms with Crippen molar-refractivity contribution >= 4 is 17.8 Å². The Hall–Kier alpha value is -3.40. The van der Waals surface area contributed by atoms with Crippen LogP contribution in [0, 0.1) is 0 Å². The second-order valence-corrected chi connectivity index (χ2v) is 5.54. The number of amides is 1. The maximum Gasteiger partial charge on any atom is 0.251 e. The van der Waals surface area contributed by atoms with Gasteiger partial charge in [0.2, 0.25) is 0 Å². The third-order valence-corrected chi connectivity index (χ3v) is 3.69. The second-order valence-electron chi connectivity index (χ2n) is 5.54. The normalized spacial score (nSPS) is 10.7. The van der Waals surface area contributed by atoms with Crippen LogP contribution in [-0.4, -0.2) is 17.2 Å². The van der Waals surface area contributed by atoms with E-state index in [1.807, 2.05) is 42.5 Å². The van der Waals surface area contributed by atoms with Gasteiger partial charge in [-0.2, -0.15) is 0 Å². The number of nitrogens with one attached hydrogen (secondary N) is 1. The summed E-state index contributed by atoms with van der Waals surface area (Å²) in [5.41, 5.74) is 2.87. The highest BCUT2D eigenvalue weighted by molar-refractivity contribution is 5.95. The van der Waals surface area contributed by atoms with Crippen LogP contribution in [0.3, 0.4) is 0 Å². The van der Waals surface area contributed by atoms with E-state index in [-0.39, 0.29) is 11.7 Å². The third kappa shape index (κ3) is 4.54. The van der Waals surface area contributed by atoms with Crippen LogP contribution < -0.4 is 5.32 Å². The summed E-state index contributed by atoms with van der Waals surface area (Å²) in [5, 5.41) is 12.6. The van der Waals surface area contributed by atoms with E-state index >= 15 is 0 Å². The number of rotatable bonds is 5. The van der Waals surface area contributed by atoms with Crippen molar-refractivity contribution in [1.29, 1.82) is 0 Å². The van der Waals surface area contributed by atoms with Crippen LogP contribution >= 0.6 is 0 Å². The van der Waals surface area contributed by atoms with E-state index in [0.29, 0.717) is 23.4 Å². The highest BCUT2D eigenvalue weighted by Gasteiger charge is 2.05. The molecule has 1 amide bonds. The quantitative estimate of drug-likeness (QED) is 0.693. The van der Waals surface area contributed by atoms with E-state index < -0.39 is 0 Å². The van der Waals surface area contributed by atoms with Crippen molar-refractivity contribution in [2.45, 2.75) is 6.54 Å². The zero-order chi connectivity index (χ0) is 17.5. The standard InChI is InChI=1S/C21H18N2O2/c24-20-12-5-4-9-18(20)15-22-19-11-6-10-17(13-19)21(25)23-14-16-7-2-1-3-8-16/h1-13,15,24H,14H2,(H,23,25). The monoisotopic (exact) mass is 330 g/mol. The Morgan fingerprint density at radius 2 is 1.72 bits per heavy atom. The van der Waals surface area contributed by atoms with E-state index in [9.17, 15) is 9.90 Å². The lowest BCUT2D eigenvalue weighted by molar-refractivity contribution is 0.0951. The van der Waals surface area contributed by atoms with E-state index in [1.165, 1.54) is 0 Å². The molecule has 0 aliphatic carbocycles. The molecule has 0 saturated carbocycles. The Morgan fingerprint density at radius 3 is 2.52 bits per heavy atom. The Morgan fingerprint density at radius 1 is 0.960 bits per heavy atom. The van der Waals surface area contributed by atoms with Gasteiger partial charge in [0.15, 0.2) is 0 Å². The van der Waals surface area contributed by atoms with Crippen molar-refractivity contribution in [2.24, 2.45) is 4.99 Å². The van der Waals surface area contributed by atoms with Crippen LogP contribution in [0.1, 0.15) is 21.5 Å². The first-order chi connectivity index (χ1) is 12.2. The summed E-state index contributed by atoms with van der Waals surface area (Å²) in [6.45, 7) is 0.477. The molecule has 0 bridgehead atoms. The van der Waals surface area contributed by atoms with Crippen molar-refractivity contribution in [3.05, 3.63) is 95.6 Å². The maximum absolute atomic E-state index is 12.3. The minimum absolute atomic E-state index is 0.150. The first kappa shape index (κ1) is 16.5. The summed E-state index contributed by atoms with van der Waals surface area (Å²) in [4.78, 5) is 16.6. The number of hydrogen-bond donors (Lipinski definition) is 2. The molecule has 0 aliphatic heterocycles. The number of phenols is 1. The molecule has 0 unspecified atom stereocenters. The molecule has 0 aliphatic rings. The summed E-state index contributed by atoms with van der Waals surface area (Å²) in [6, 6.07) is 23.8. The maximum atomic E-state index is 12.3. The molecule has 124 valence electrons. The van der Waals surface area contributed by atoms with Gasteiger partial charge in [0.05, 0.1) is 5.69 Å². The summed E-state index contributed by atoms with van der Waals surface area (Å²) in [7, 11) is 0. The van der Waals surface area contributed by atoms with Gasteiger partial charge in [-0.05, 0) is 35.9 Å². The summed E-state index contributed by atoms with van der Waals surface area (Å²) >= 11 is 0. The van der Waals surface area contributed by atoms with Crippen LogP contribution in [-0.2, 0) is 6.54 Å². The van der Waals surface area contributed by atoms with Crippen molar-refractivity contribution in [1.82, 2.24) is 5.32 Å². The molecule has 0 spiro atoms. The van der Waals surface area contributed by atoms with Gasteiger partial charge < -0.3 is 10.4 Å². The zero-order valence-corrected chi connectivity index (χ0v) is 13.6. The van der Waals surface area contributed by atoms with Gasteiger partial charge in [0.25, 0.3) is 5.91 Å². The minimum Gasteiger partial charge on any atom is -0.507 e. The van der Waals surface area contributed by atoms with Gasteiger partial charge >= 0.3 is 0 Å². The van der Waals surface area contributed by atoms with Gasteiger partial charge in [0, 0.05) is 23.9 Å². The van der Waals surface area contributed by atoms with E-state index in [4.69, 9.17) is 0 Å². The van der Waals surface area contributed by atoms with Crippen molar-refractivity contribution in [3.63, 3.8) is 0 Å². The number of aromatic hydroxyl groups is 1. The molecular weight excluding hydrogens is 312 g/mol. The molecule has 0 heterocycles. The van der Waals surface area contributed by atoms with Crippen molar-refractivity contribution in [3.8, 4) is 5.75 Å². The smallest absolute Gasteiger partial charge is 0.251 e. The predicted molar refractivity (Wildman–Crippen MR) is 99.4 cm³/mol. The van der Waals surface area contributed by atoms with Gasteiger partial charge in [-0.1, -0.05) is 48.5 Å². The number of carbonyl (C=O) groups excluding carboxylic acids is 1. The van der Waals surface area contributed by atoms with Crippen LogP contribution in [0.2, 0.25) is 0 Å². The Kier molecular flexibility index (Phi) is 5.22. The van der Waals surface area contributed by atoms with Crippen LogP contribution in [0.15, 0.2) is 83.9 Å². The Bertz CT molecular complexity index is 889. The summed E-state index contributed by atoms with van der Waals surface area (Å²) in [5.74, 6) is 0.0199. The first-order valence-corrected chi connectivity index (χ1v) is 7.96. The summed E-state index contributed by atoms with van der Waals surface area (Å²) < 4.78 is 0. The average Bonchev–Trinajstić information content (AvgIpc) is 2.66. The fourth-order valence-corrected chi connectivity index (χ4v) is 2.35. The minimum atomic E-state index is -0.150. The highest BCUT2D eigenvalue weighted by atomic mass is 16.3. The van der Waals surface area contributed by atoms with Gasteiger partial charge in [-0.15, -0.1) is 0 Å². The third-order valence-electron chi connectivity index (χ3n) is 3.69. The highest BCUT2D eigenvalue weighted by Crippen LogP contribution is 2.17. The van der Waals surface area contributed by atoms with Crippen LogP contribution in [0.5, 0.6) is 5.75 Å². The molecule has 0 fully saturated rings. The number of aliphatic imine (C=N–C) groups is 1. The molecule has 3 aromatic rings. The molecule has 25 heavy (non-hydrogen) atoms. The average molecular weight is 330 g/mol. The topological polar surface area (TPSA) is 61.7 Å². The molecule has 4 nitrogen and oxygen atoms in total. The number of carbonyl (C=O) groups is 1. The molecule has 0 saturated heterocycles. The number of benzene rings is 3. The number of nitrogens with zero attached hydrogens (tertiary/aromatic N) is 1. The van der Waals surface area contributed by atoms with Gasteiger partial charge in [-0.3, -0.25) is 9.79 Å². The molecule has 0 radical (unpaired) electrons. The largest absolute Gasteiger partial charge is 0.507 e. The van der Waals surface area contributed by atoms with E-state index in [0.717, 1.165) is 5.56 Å². The zero-order valence-electron chi connectivity index (χ0n) is 13.6. The Balaban J connectivity index is 1.68. The lowest BCUT2D eigenvalue weighted by atomic mass is 10.1. The number of hydrogen-bond acceptors (Lipinski definition) is 3. The SMILES string of the molecule is O=C(NCc1ccccc1)c1cccc(N=Cc2ccccc2O)c1. The van der Waals surface area contributed by atoms with Crippen molar-refractivity contribution < 1.29 is 9.90 Å². The number of phenolic OH excluding ortho intramolecular Hbond substituents is 1. The molecule has 0 aromatic heterocycles. The summed E-state index contributed by atoms with van der Waals surface area (Å²) in [6.07, 6.45) is 1.58. The molecule has 2 N–H and O–H groups in total.